The second-order valence-corrected chi connectivity index (χ2v) is 15.4. The van der Waals surface area contributed by atoms with E-state index in [-0.39, 0.29) is 28.0 Å². The first-order chi connectivity index (χ1) is 24.6. The standard InChI is InChI=1S/C36H30F8N2O6S/c1-36(2,3)20-9-17(8-19(10-20)18-4-5-18)14-46(22-6-7-23(35(49)50)27(47)13-22)28(48)16-45(15-24-25(38)11-21(37)12-26(24)39)53(51,52)34-32(43)30(41)29(40)31(42)33(34)44/h6-13,18,47H,4-5,14-16H2,1-3H3,(H,49,50). The molecule has 0 aliphatic heterocycles. The molecule has 4 aromatic rings. The minimum atomic E-state index is -6.08. The lowest BCUT2D eigenvalue weighted by atomic mass is 9.84. The van der Waals surface area contributed by atoms with E-state index >= 15 is 0 Å². The summed E-state index contributed by atoms with van der Waals surface area (Å²) < 4.78 is 143. The molecule has 1 aliphatic rings. The number of phenols is 1. The Morgan fingerprint density at radius 2 is 1.36 bits per heavy atom. The molecule has 4 aromatic carbocycles. The fourth-order valence-electron chi connectivity index (χ4n) is 5.57. The maximum atomic E-state index is 15.0. The molecule has 0 unspecified atom stereocenters. The Hall–Kier alpha value is -5.03. The Morgan fingerprint density at radius 3 is 1.87 bits per heavy atom. The molecule has 8 nitrogen and oxygen atoms in total. The van der Waals surface area contributed by atoms with Crippen LogP contribution in [0.4, 0.5) is 40.8 Å². The van der Waals surface area contributed by atoms with Crippen molar-refractivity contribution in [3.8, 4) is 5.75 Å². The number of sulfonamides is 1. The molecule has 53 heavy (non-hydrogen) atoms. The number of carboxylic acids is 1. The molecule has 0 bridgehead atoms. The molecule has 1 aliphatic carbocycles. The highest BCUT2D eigenvalue weighted by molar-refractivity contribution is 7.89. The van der Waals surface area contributed by atoms with E-state index in [4.69, 9.17) is 0 Å². The normalized spacial score (nSPS) is 13.4. The van der Waals surface area contributed by atoms with Crippen molar-refractivity contribution in [2.24, 2.45) is 0 Å². The lowest BCUT2D eigenvalue weighted by molar-refractivity contribution is -0.119. The van der Waals surface area contributed by atoms with Crippen LogP contribution in [0, 0.1) is 46.5 Å². The molecule has 0 spiro atoms. The Morgan fingerprint density at radius 1 is 0.792 bits per heavy atom. The van der Waals surface area contributed by atoms with Crippen LogP contribution in [-0.2, 0) is 33.3 Å². The van der Waals surface area contributed by atoms with E-state index in [1.54, 1.807) is 12.1 Å². The number of carbonyl (C=O) groups excluding carboxylic acids is 1. The van der Waals surface area contributed by atoms with Gasteiger partial charge < -0.3 is 15.1 Å². The third-order valence-corrected chi connectivity index (χ3v) is 10.4. The lowest BCUT2D eigenvalue weighted by Crippen LogP contribution is -2.43. The molecule has 0 radical (unpaired) electrons. The van der Waals surface area contributed by atoms with E-state index in [2.05, 4.69) is 0 Å². The fourth-order valence-corrected chi connectivity index (χ4v) is 7.04. The molecule has 1 saturated carbocycles. The van der Waals surface area contributed by atoms with Gasteiger partial charge in [0.05, 0.1) is 13.1 Å². The van der Waals surface area contributed by atoms with Crippen LogP contribution in [0.3, 0.4) is 0 Å². The van der Waals surface area contributed by atoms with Crippen LogP contribution in [-0.4, -0.2) is 41.4 Å². The highest BCUT2D eigenvalue weighted by Crippen LogP contribution is 2.42. The number of amides is 1. The first-order valence-electron chi connectivity index (χ1n) is 15.8. The number of halogens is 8. The summed E-state index contributed by atoms with van der Waals surface area (Å²) in [6.07, 6.45) is 1.75. The van der Waals surface area contributed by atoms with Crippen molar-refractivity contribution >= 4 is 27.6 Å². The highest BCUT2D eigenvalue weighted by Gasteiger charge is 2.39. The number of nitrogens with zero attached hydrogens (tertiary/aromatic N) is 2. The second kappa shape index (κ2) is 14.4. The van der Waals surface area contributed by atoms with Gasteiger partial charge in [-0.05, 0) is 53.0 Å². The number of rotatable bonds is 11. The molecular weight excluding hydrogens is 740 g/mol. The van der Waals surface area contributed by atoms with E-state index in [1.165, 1.54) is 0 Å². The first-order valence-corrected chi connectivity index (χ1v) is 17.2. The predicted molar refractivity (Wildman–Crippen MR) is 174 cm³/mol. The number of aromatic carboxylic acids is 1. The van der Waals surface area contributed by atoms with Gasteiger partial charge in [-0.2, -0.15) is 4.31 Å². The average Bonchev–Trinajstić information content (AvgIpc) is 3.91. The summed E-state index contributed by atoms with van der Waals surface area (Å²) in [5, 5.41) is 19.9. The summed E-state index contributed by atoms with van der Waals surface area (Å²) in [4.78, 5) is 24.2. The molecular formula is C36H30F8N2O6S. The predicted octanol–water partition coefficient (Wildman–Crippen LogP) is 7.80. The minimum Gasteiger partial charge on any atom is -0.507 e. The van der Waals surface area contributed by atoms with E-state index in [1.807, 2.05) is 26.8 Å². The number of carbonyl (C=O) groups is 2. The molecule has 5 rings (SSSR count). The average molecular weight is 771 g/mol. The van der Waals surface area contributed by atoms with Gasteiger partial charge in [0.2, 0.25) is 21.7 Å². The maximum Gasteiger partial charge on any atom is 0.339 e. The van der Waals surface area contributed by atoms with Gasteiger partial charge >= 0.3 is 5.97 Å². The van der Waals surface area contributed by atoms with Gasteiger partial charge in [0.25, 0.3) is 0 Å². The molecule has 282 valence electrons. The largest absolute Gasteiger partial charge is 0.507 e. The van der Waals surface area contributed by atoms with Gasteiger partial charge in [-0.1, -0.05) is 39.0 Å². The summed E-state index contributed by atoms with van der Waals surface area (Å²) >= 11 is 0. The molecule has 0 atom stereocenters. The summed E-state index contributed by atoms with van der Waals surface area (Å²) in [7, 11) is -6.08. The zero-order valence-electron chi connectivity index (χ0n) is 28.1. The fraction of sp³-hybridized carbons (Fsp3) is 0.278. The SMILES string of the molecule is CC(C)(C)c1cc(CN(C(=O)CN(Cc2c(F)cc(F)cc2F)S(=O)(=O)c2c(F)c(F)c(F)c(F)c2F)c2ccc(C(=O)O)c(O)c2)cc(C2CC2)c1. The highest BCUT2D eigenvalue weighted by atomic mass is 32.2. The number of hydrogen-bond donors (Lipinski definition) is 2. The van der Waals surface area contributed by atoms with Gasteiger partial charge in [0, 0.05) is 36.0 Å². The smallest absolute Gasteiger partial charge is 0.339 e. The van der Waals surface area contributed by atoms with Gasteiger partial charge in [0.1, 0.15) is 28.8 Å². The number of benzene rings is 4. The van der Waals surface area contributed by atoms with Crippen LogP contribution in [0.15, 0.2) is 53.4 Å². The molecule has 0 aromatic heterocycles. The Bertz CT molecular complexity index is 2210. The van der Waals surface area contributed by atoms with Crippen LogP contribution >= 0.6 is 0 Å². The quantitative estimate of drug-likeness (QED) is 0.0915. The van der Waals surface area contributed by atoms with Crippen molar-refractivity contribution in [1.29, 1.82) is 0 Å². The molecule has 17 heteroatoms. The van der Waals surface area contributed by atoms with Crippen molar-refractivity contribution in [3.63, 3.8) is 0 Å². The van der Waals surface area contributed by atoms with Crippen molar-refractivity contribution < 1.29 is 63.3 Å². The van der Waals surface area contributed by atoms with E-state index in [0.29, 0.717) is 5.56 Å². The van der Waals surface area contributed by atoms with Gasteiger partial charge in [-0.25, -0.2) is 48.3 Å². The topological polar surface area (TPSA) is 115 Å². The van der Waals surface area contributed by atoms with Crippen LogP contribution < -0.4 is 4.90 Å². The zero-order chi connectivity index (χ0) is 39.3. The van der Waals surface area contributed by atoms with Crippen molar-refractivity contribution in [2.75, 3.05) is 11.4 Å². The summed E-state index contributed by atoms with van der Waals surface area (Å²) in [6.45, 7) is 2.13. The first kappa shape index (κ1) is 39.2. The third kappa shape index (κ3) is 8.00. The number of anilines is 1. The Labute approximate surface area is 297 Å². The molecule has 0 heterocycles. The summed E-state index contributed by atoms with van der Waals surface area (Å²) in [6, 6.07) is 8.55. The van der Waals surface area contributed by atoms with E-state index in [9.17, 15) is 63.3 Å². The lowest BCUT2D eigenvalue weighted by Gasteiger charge is -2.29. The van der Waals surface area contributed by atoms with Crippen molar-refractivity contribution in [3.05, 3.63) is 123 Å². The zero-order valence-corrected chi connectivity index (χ0v) is 28.9. The molecule has 2 N–H and O–H groups in total. The molecule has 0 saturated heterocycles. The molecule has 1 amide bonds. The second-order valence-electron chi connectivity index (χ2n) is 13.5. The number of aromatic hydroxyl groups is 1. The molecule has 1 fully saturated rings. The van der Waals surface area contributed by atoms with Gasteiger partial charge in [-0.15, -0.1) is 0 Å². The van der Waals surface area contributed by atoms with Crippen molar-refractivity contribution in [1.82, 2.24) is 4.31 Å². The Balaban J connectivity index is 1.67. The van der Waals surface area contributed by atoms with Crippen LogP contribution in [0.25, 0.3) is 0 Å². The van der Waals surface area contributed by atoms with Crippen molar-refractivity contribution in [2.45, 2.75) is 62.9 Å². The minimum absolute atomic E-state index is 0.127. The monoisotopic (exact) mass is 770 g/mol. The van der Waals surface area contributed by atoms with Gasteiger partial charge in [-0.3, -0.25) is 4.79 Å². The Kier molecular flexibility index (Phi) is 10.7. The van der Waals surface area contributed by atoms with Crippen LogP contribution in [0.2, 0.25) is 0 Å². The summed E-state index contributed by atoms with van der Waals surface area (Å²) in [5.74, 6) is -22.1. The number of hydrogen-bond acceptors (Lipinski definition) is 5. The van der Waals surface area contributed by atoms with Crippen LogP contribution in [0.5, 0.6) is 5.75 Å². The maximum absolute atomic E-state index is 15.0. The third-order valence-electron chi connectivity index (χ3n) is 8.61. The number of carboxylic acid groups (broad SMARTS) is 1. The van der Waals surface area contributed by atoms with E-state index in [0.717, 1.165) is 47.1 Å². The van der Waals surface area contributed by atoms with E-state index < -0.39 is 115 Å². The van der Waals surface area contributed by atoms with Crippen LogP contribution in [0.1, 0.15) is 72.1 Å². The summed E-state index contributed by atoms with van der Waals surface area (Å²) in [5.41, 5.74) is -0.345. The van der Waals surface area contributed by atoms with Gasteiger partial charge in [0.15, 0.2) is 28.2 Å².